The van der Waals surface area contributed by atoms with E-state index in [0.29, 0.717) is 5.56 Å². The molecule has 0 unspecified atom stereocenters. The standard InChI is InChI=1S/C10H10ClF3/c1-7(10(12,13)14)9(11)8-5-3-2-4-6-8/h2-7,9H,1H3/t7-,9-/m0/s1. The predicted octanol–water partition coefficient (Wildman–Crippen LogP) is 4.16. The minimum Gasteiger partial charge on any atom is -0.171 e. The molecule has 0 radical (unpaired) electrons. The van der Waals surface area contributed by atoms with E-state index in [4.69, 9.17) is 11.6 Å². The Bertz CT molecular complexity index is 281. The molecule has 0 bridgehead atoms. The van der Waals surface area contributed by atoms with Crippen molar-refractivity contribution >= 4 is 11.6 Å². The van der Waals surface area contributed by atoms with Gasteiger partial charge < -0.3 is 0 Å². The van der Waals surface area contributed by atoms with E-state index in [-0.39, 0.29) is 0 Å². The Morgan fingerprint density at radius 1 is 1.14 bits per heavy atom. The van der Waals surface area contributed by atoms with E-state index in [1.165, 1.54) is 0 Å². The lowest BCUT2D eigenvalue weighted by atomic mass is 10.0. The summed E-state index contributed by atoms with van der Waals surface area (Å²) < 4.78 is 36.9. The average Bonchev–Trinajstić information content (AvgIpc) is 2.15. The van der Waals surface area contributed by atoms with E-state index >= 15 is 0 Å². The van der Waals surface area contributed by atoms with Crippen LogP contribution in [0.25, 0.3) is 0 Å². The lowest BCUT2D eigenvalue weighted by Gasteiger charge is -2.20. The molecule has 0 saturated carbocycles. The van der Waals surface area contributed by atoms with E-state index in [1.807, 2.05) is 0 Å². The van der Waals surface area contributed by atoms with E-state index in [0.717, 1.165) is 6.92 Å². The van der Waals surface area contributed by atoms with Crippen molar-refractivity contribution in [3.63, 3.8) is 0 Å². The van der Waals surface area contributed by atoms with Gasteiger partial charge in [-0.15, -0.1) is 11.6 Å². The van der Waals surface area contributed by atoms with Crippen molar-refractivity contribution in [2.75, 3.05) is 0 Å². The summed E-state index contributed by atoms with van der Waals surface area (Å²) in [5, 5.41) is -1.02. The molecule has 0 nitrogen and oxygen atoms in total. The molecule has 0 saturated heterocycles. The summed E-state index contributed by atoms with van der Waals surface area (Å²) in [5.41, 5.74) is 0.499. The quantitative estimate of drug-likeness (QED) is 0.659. The van der Waals surface area contributed by atoms with Crippen molar-refractivity contribution in [3.05, 3.63) is 35.9 Å². The summed E-state index contributed by atoms with van der Waals surface area (Å²) in [5.74, 6) is -1.54. The van der Waals surface area contributed by atoms with E-state index in [1.54, 1.807) is 30.3 Å². The highest BCUT2D eigenvalue weighted by Gasteiger charge is 2.40. The van der Waals surface area contributed by atoms with Gasteiger partial charge in [-0.05, 0) is 5.56 Å². The van der Waals surface area contributed by atoms with Crippen LogP contribution in [0.2, 0.25) is 0 Å². The smallest absolute Gasteiger partial charge is 0.171 e. The maximum atomic E-state index is 12.3. The van der Waals surface area contributed by atoms with E-state index < -0.39 is 17.5 Å². The first-order chi connectivity index (χ1) is 6.43. The predicted molar refractivity (Wildman–Crippen MR) is 50.3 cm³/mol. The highest BCUT2D eigenvalue weighted by molar-refractivity contribution is 6.21. The lowest BCUT2D eigenvalue weighted by molar-refractivity contribution is -0.170. The third-order valence-corrected chi connectivity index (χ3v) is 2.70. The Morgan fingerprint density at radius 2 is 1.64 bits per heavy atom. The van der Waals surface area contributed by atoms with Crippen LogP contribution in [0.5, 0.6) is 0 Å². The van der Waals surface area contributed by atoms with Gasteiger partial charge in [0.1, 0.15) is 0 Å². The van der Waals surface area contributed by atoms with Gasteiger partial charge in [0.15, 0.2) is 0 Å². The molecule has 0 fully saturated rings. The lowest BCUT2D eigenvalue weighted by Crippen LogP contribution is -2.23. The Morgan fingerprint density at radius 3 is 2.07 bits per heavy atom. The topological polar surface area (TPSA) is 0 Å². The van der Waals surface area contributed by atoms with Gasteiger partial charge in [-0.2, -0.15) is 13.2 Å². The normalized spacial score (nSPS) is 16.4. The highest BCUT2D eigenvalue weighted by Crippen LogP contribution is 2.39. The van der Waals surface area contributed by atoms with Crippen molar-refractivity contribution in [3.8, 4) is 0 Å². The van der Waals surface area contributed by atoms with Crippen LogP contribution in [0.4, 0.5) is 13.2 Å². The zero-order valence-corrected chi connectivity index (χ0v) is 8.31. The molecule has 0 spiro atoms. The molecule has 14 heavy (non-hydrogen) atoms. The van der Waals surface area contributed by atoms with Crippen LogP contribution in [-0.2, 0) is 0 Å². The minimum absolute atomic E-state index is 0.499. The van der Waals surface area contributed by atoms with Crippen LogP contribution in [0.15, 0.2) is 30.3 Å². The maximum Gasteiger partial charge on any atom is 0.393 e. The van der Waals surface area contributed by atoms with Gasteiger partial charge in [-0.25, -0.2) is 0 Å². The van der Waals surface area contributed by atoms with Gasteiger partial charge in [0.25, 0.3) is 0 Å². The third kappa shape index (κ3) is 2.64. The van der Waals surface area contributed by atoms with Gasteiger partial charge in [0, 0.05) is 0 Å². The number of hydrogen-bond acceptors (Lipinski definition) is 0. The van der Waals surface area contributed by atoms with Crippen LogP contribution in [0.3, 0.4) is 0 Å². The van der Waals surface area contributed by atoms with Gasteiger partial charge in [0.2, 0.25) is 0 Å². The first-order valence-corrected chi connectivity index (χ1v) is 4.62. The fourth-order valence-electron chi connectivity index (χ4n) is 1.09. The molecule has 2 atom stereocenters. The number of rotatable bonds is 2. The largest absolute Gasteiger partial charge is 0.393 e. The molecule has 0 aromatic heterocycles. The Hall–Kier alpha value is -0.700. The summed E-state index contributed by atoms with van der Waals surface area (Å²) in [4.78, 5) is 0. The number of hydrogen-bond donors (Lipinski definition) is 0. The molecule has 0 aliphatic rings. The highest BCUT2D eigenvalue weighted by atomic mass is 35.5. The second-order valence-electron chi connectivity index (χ2n) is 3.14. The zero-order chi connectivity index (χ0) is 10.8. The van der Waals surface area contributed by atoms with E-state index in [2.05, 4.69) is 0 Å². The molecule has 1 rings (SSSR count). The monoisotopic (exact) mass is 222 g/mol. The molecule has 0 aliphatic heterocycles. The SMILES string of the molecule is C[C@@H]([C@H](Cl)c1ccccc1)C(F)(F)F. The summed E-state index contributed by atoms with van der Waals surface area (Å²) in [6, 6.07) is 8.28. The first kappa shape index (κ1) is 11.4. The van der Waals surface area contributed by atoms with Crippen LogP contribution in [-0.4, -0.2) is 6.18 Å². The fraction of sp³-hybridized carbons (Fsp3) is 0.400. The molecule has 1 aromatic rings. The Balaban J connectivity index is 2.81. The van der Waals surface area contributed by atoms with Gasteiger partial charge in [-0.1, -0.05) is 37.3 Å². The van der Waals surface area contributed by atoms with Crippen molar-refractivity contribution in [1.82, 2.24) is 0 Å². The second kappa shape index (κ2) is 4.22. The van der Waals surface area contributed by atoms with Crippen molar-refractivity contribution < 1.29 is 13.2 Å². The molecule has 0 N–H and O–H groups in total. The molecule has 0 amide bonds. The van der Waals surface area contributed by atoms with Gasteiger partial charge in [-0.3, -0.25) is 0 Å². The molecular weight excluding hydrogens is 213 g/mol. The van der Waals surface area contributed by atoms with Crippen molar-refractivity contribution in [1.29, 1.82) is 0 Å². The zero-order valence-electron chi connectivity index (χ0n) is 7.55. The van der Waals surface area contributed by atoms with Crippen molar-refractivity contribution in [2.45, 2.75) is 18.5 Å². The van der Waals surface area contributed by atoms with Gasteiger partial charge in [0.05, 0.1) is 11.3 Å². The summed E-state index contributed by atoms with van der Waals surface area (Å²) in [6.07, 6.45) is -4.25. The molecular formula is C10H10ClF3. The number of halogens is 4. The van der Waals surface area contributed by atoms with Crippen LogP contribution < -0.4 is 0 Å². The fourth-order valence-corrected chi connectivity index (χ4v) is 1.38. The molecule has 78 valence electrons. The van der Waals surface area contributed by atoms with Crippen LogP contribution in [0, 0.1) is 5.92 Å². The summed E-state index contributed by atoms with van der Waals surface area (Å²) >= 11 is 5.72. The molecule has 4 heteroatoms. The average molecular weight is 223 g/mol. The molecule has 1 aromatic carbocycles. The molecule has 0 heterocycles. The Kier molecular flexibility index (Phi) is 3.43. The summed E-state index contributed by atoms with van der Waals surface area (Å²) in [7, 11) is 0. The Labute approximate surface area is 85.7 Å². The maximum absolute atomic E-state index is 12.3. The minimum atomic E-state index is -4.25. The first-order valence-electron chi connectivity index (χ1n) is 4.18. The van der Waals surface area contributed by atoms with Crippen LogP contribution in [0.1, 0.15) is 17.9 Å². The van der Waals surface area contributed by atoms with E-state index in [9.17, 15) is 13.2 Å². The van der Waals surface area contributed by atoms with Gasteiger partial charge >= 0.3 is 6.18 Å². The molecule has 0 aliphatic carbocycles. The number of benzene rings is 1. The van der Waals surface area contributed by atoms with Crippen LogP contribution >= 0.6 is 11.6 Å². The van der Waals surface area contributed by atoms with Crippen molar-refractivity contribution in [2.24, 2.45) is 5.92 Å². The second-order valence-corrected chi connectivity index (χ2v) is 3.61. The third-order valence-electron chi connectivity index (χ3n) is 2.07. The summed E-state index contributed by atoms with van der Waals surface area (Å²) in [6.45, 7) is 1.09. The number of alkyl halides is 4.